The third-order valence-corrected chi connectivity index (χ3v) is 1.32. The van der Waals surface area contributed by atoms with Gasteiger partial charge in [0.2, 0.25) is 0 Å². The number of carbonyl (C=O) groups is 1. The average molecular weight is 185 g/mol. The van der Waals surface area contributed by atoms with Crippen LogP contribution in [0.1, 0.15) is 6.42 Å². The predicted molar refractivity (Wildman–Crippen MR) is 42.4 cm³/mol. The monoisotopic (exact) mass is 185 g/mol. The van der Waals surface area contributed by atoms with Crippen LogP contribution in [0, 0.1) is 0 Å². The summed E-state index contributed by atoms with van der Waals surface area (Å²) >= 11 is 0. The van der Waals surface area contributed by atoms with Crippen molar-refractivity contribution in [3.05, 3.63) is 6.33 Å². The van der Waals surface area contributed by atoms with Gasteiger partial charge in [-0.2, -0.15) is 0 Å². The van der Waals surface area contributed by atoms with E-state index in [4.69, 9.17) is 10.5 Å². The largest absolute Gasteiger partial charge is 0.464 e. The summed E-state index contributed by atoms with van der Waals surface area (Å²) in [6.45, 7) is 1.04. The van der Waals surface area contributed by atoms with Gasteiger partial charge in [0.1, 0.15) is 12.9 Å². The fourth-order valence-electron chi connectivity index (χ4n) is 0.726. The van der Waals surface area contributed by atoms with E-state index in [0.717, 1.165) is 0 Å². The molecule has 0 unspecified atom stereocenters. The first kappa shape index (κ1) is 9.59. The molecule has 0 fully saturated rings. The lowest BCUT2D eigenvalue weighted by Crippen LogP contribution is -2.14. The lowest BCUT2D eigenvalue weighted by Gasteiger charge is -2.02. The summed E-state index contributed by atoms with van der Waals surface area (Å²) in [7, 11) is 0. The van der Waals surface area contributed by atoms with Crippen LogP contribution in [-0.4, -0.2) is 39.3 Å². The van der Waals surface area contributed by atoms with Crippen LogP contribution in [0.3, 0.4) is 0 Å². The lowest BCUT2D eigenvalue weighted by atomic mass is 10.4. The molecular formula is C6H11N5O2. The van der Waals surface area contributed by atoms with Gasteiger partial charge in [0.25, 0.3) is 0 Å². The van der Waals surface area contributed by atoms with Gasteiger partial charge in [-0.05, 0) is 10.4 Å². The third-order valence-electron chi connectivity index (χ3n) is 1.32. The molecule has 2 N–H and O–H groups in total. The van der Waals surface area contributed by atoms with Crippen molar-refractivity contribution in [2.75, 3.05) is 13.2 Å². The van der Waals surface area contributed by atoms with E-state index in [2.05, 4.69) is 15.5 Å². The maximum atomic E-state index is 10.8. The van der Waals surface area contributed by atoms with E-state index in [-0.39, 0.29) is 19.0 Å². The van der Waals surface area contributed by atoms with E-state index in [9.17, 15) is 4.79 Å². The molecule has 1 heterocycles. The Morgan fingerprint density at radius 1 is 1.62 bits per heavy atom. The van der Waals surface area contributed by atoms with Gasteiger partial charge in [0, 0.05) is 6.54 Å². The van der Waals surface area contributed by atoms with Crippen molar-refractivity contribution in [1.29, 1.82) is 0 Å². The summed E-state index contributed by atoms with van der Waals surface area (Å²) in [6, 6.07) is 0. The Hall–Kier alpha value is -1.50. The van der Waals surface area contributed by atoms with Crippen LogP contribution in [-0.2, 0) is 16.1 Å². The highest BCUT2D eigenvalue weighted by molar-refractivity contribution is 5.69. The molecule has 0 aliphatic rings. The fourth-order valence-corrected chi connectivity index (χ4v) is 0.726. The Morgan fingerprint density at radius 2 is 2.46 bits per heavy atom. The number of hydrogen-bond donors (Lipinski definition) is 1. The molecule has 0 saturated carbocycles. The molecule has 0 bridgehead atoms. The highest BCUT2D eigenvalue weighted by Crippen LogP contribution is 1.85. The SMILES string of the molecule is NCCC(=O)OCCn1cnnn1. The Morgan fingerprint density at radius 3 is 3.08 bits per heavy atom. The number of aromatic nitrogens is 4. The summed E-state index contributed by atoms with van der Waals surface area (Å²) in [5.41, 5.74) is 5.16. The van der Waals surface area contributed by atoms with Crippen molar-refractivity contribution in [3.63, 3.8) is 0 Å². The number of carbonyl (C=O) groups excluding carboxylic acids is 1. The van der Waals surface area contributed by atoms with Crippen molar-refractivity contribution in [2.24, 2.45) is 5.73 Å². The van der Waals surface area contributed by atoms with Crippen molar-refractivity contribution in [2.45, 2.75) is 13.0 Å². The molecule has 0 amide bonds. The number of esters is 1. The third kappa shape index (κ3) is 3.61. The zero-order valence-electron chi connectivity index (χ0n) is 7.09. The van der Waals surface area contributed by atoms with Crippen LogP contribution in [0.4, 0.5) is 0 Å². The molecule has 1 rings (SSSR count). The van der Waals surface area contributed by atoms with E-state index in [1.54, 1.807) is 0 Å². The fraction of sp³-hybridized carbons (Fsp3) is 0.667. The van der Waals surface area contributed by atoms with Crippen LogP contribution >= 0.6 is 0 Å². The first-order chi connectivity index (χ1) is 6.33. The topological polar surface area (TPSA) is 95.9 Å². The first-order valence-corrected chi connectivity index (χ1v) is 3.89. The van der Waals surface area contributed by atoms with E-state index in [1.807, 2.05) is 0 Å². The van der Waals surface area contributed by atoms with Crippen LogP contribution < -0.4 is 5.73 Å². The number of nitrogens with zero attached hydrogens (tertiary/aromatic N) is 4. The molecule has 7 heteroatoms. The smallest absolute Gasteiger partial charge is 0.307 e. The number of rotatable bonds is 5. The molecule has 0 aliphatic carbocycles. The van der Waals surface area contributed by atoms with Crippen molar-refractivity contribution in [3.8, 4) is 0 Å². The van der Waals surface area contributed by atoms with Crippen LogP contribution in [0.2, 0.25) is 0 Å². The summed E-state index contributed by atoms with van der Waals surface area (Å²) in [4.78, 5) is 10.8. The predicted octanol–water partition coefficient (Wildman–Crippen LogP) is -1.43. The highest BCUT2D eigenvalue weighted by atomic mass is 16.5. The number of tetrazole rings is 1. The van der Waals surface area contributed by atoms with Gasteiger partial charge in [-0.15, -0.1) is 5.10 Å². The summed E-state index contributed by atoms with van der Waals surface area (Å²) in [5, 5.41) is 10.5. The Balaban J connectivity index is 2.11. The quantitative estimate of drug-likeness (QED) is 0.565. The summed E-state index contributed by atoms with van der Waals surface area (Å²) < 4.78 is 6.30. The Bertz CT molecular complexity index is 248. The van der Waals surface area contributed by atoms with Gasteiger partial charge in [-0.25, -0.2) is 4.68 Å². The van der Waals surface area contributed by atoms with Gasteiger partial charge in [-0.1, -0.05) is 0 Å². The second-order valence-electron chi connectivity index (χ2n) is 2.33. The molecule has 1 aromatic rings. The maximum absolute atomic E-state index is 10.8. The molecule has 1 aromatic heterocycles. The van der Waals surface area contributed by atoms with Crippen LogP contribution in [0.5, 0.6) is 0 Å². The minimum Gasteiger partial charge on any atom is -0.464 e. The normalized spacial score (nSPS) is 9.92. The molecule has 0 radical (unpaired) electrons. The standard InChI is InChI=1S/C6H11N5O2/c7-2-1-6(12)13-4-3-11-5-8-9-10-11/h5H,1-4,7H2. The minimum absolute atomic E-state index is 0.246. The van der Waals surface area contributed by atoms with Crippen LogP contribution in [0.25, 0.3) is 0 Å². The van der Waals surface area contributed by atoms with Crippen LogP contribution in [0.15, 0.2) is 6.33 Å². The first-order valence-electron chi connectivity index (χ1n) is 3.89. The molecule has 0 aliphatic heterocycles. The van der Waals surface area contributed by atoms with Gasteiger partial charge in [0.15, 0.2) is 0 Å². The van der Waals surface area contributed by atoms with E-state index in [0.29, 0.717) is 13.1 Å². The zero-order valence-corrected chi connectivity index (χ0v) is 7.09. The van der Waals surface area contributed by atoms with E-state index in [1.165, 1.54) is 11.0 Å². The molecule has 0 atom stereocenters. The lowest BCUT2D eigenvalue weighted by molar-refractivity contribution is -0.143. The van der Waals surface area contributed by atoms with Gasteiger partial charge in [0.05, 0.1) is 13.0 Å². The summed E-state index contributed by atoms with van der Waals surface area (Å²) in [6.07, 6.45) is 1.70. The van der Waals surface area contributed by atoms with E-state index >= 15 is 0 Å². The molecule has 0 aromatic carbocycles. The number of nitrogens with two attached hydrogens (primary N) is 1. The number of ether oxygens (including phenoxy) is 1. The van der Waals surface area contributed by atoms with Gasteiger partial charge >= 0.3 is 5.97 Å². The Labute approximate surface area is 74.9 Å². The second kappa shape index (κ2) is 5.20. The molecular weight excluding hydrogens is 174 g/mol. The highest BCUT2D eigenvalue weighted by Gasteiger charge is 2.00. The molecule has 0 saturated heterocycles. The van der Waals surface area contributed by atoms with Crippen molar-refractivity contribution < 1.29 is 9.53 Å². The maximum Gasteiger partial charge on any atom is 0.307 e. The molecule has 72 valence electrons. The molecule has 0 spiro atoms. The van der Waals surface area contributed by atoms with E-state index < -0.39 is 0 Å². The Kier molecular flexibility index (Phi) is 3.83. The molecule has 13 heavy (non-hydrogen) atoms. The minimum atomic E-state index is -0.296. The van der Waals surface area contributed by atoms with Gasteiger partial charge in [-0.3, -0.25) is 4.79 Å². The summed E-state index contributed by atoms with van der Waals surface area (Å²) in [5.74, 6) is -0.296. The van der Waals surface area contributed by atoms with Gasteiger partial charge < -0.3 is 10.5 Å². The van der Waals surface area contributed by atoms with Crippen molar-refractivity contribution in [1.82, 2.24) is 20.2 Å². The number of hydrogen-bond acceptors (Lipinski definition) is 6. The zero-order chi connectivity index (χ0) is 9.52. The van der Waals surface area contributed by atoms with Crippen molar-refractivity contribution >= 4 is 5.97 Å². The average Bonchev–Trinajstić information content (AvgIpc) is 2.57. The second-order valence-corrected chi connectivity index (χ2v) is 2.33. The molecule has 7 nitrogen and oxygen atoms in total.